The second-order valence-electron chi connectivity index (χ2n) is 6.90. The Kier molecular flexibility index (Phi) is 2.83. The molecule has 1 aliphatic carbocycles. The summed E-state index contributed by atoms with van der Waals surface area (Å²) < 4.78 is 5.82. The molecule has 4 rings (SSSR count). The molecule has 2 heterocycles. The van der Waals surface area contributed by atoms with Crippen molar-refractivity contribution in [1.82, 2.24) is 5.32 Å². The first-order valence-corrected chi connectivity index (χ1v) is 7.89. The summed E-state index contributed by atoms with van der Waals surface area (Å²) in [6, 6.07) is 9.32. The average Bonchev–Trinajstić information content (AvgIpc) is 3.00. The van der Waals surface area contributed by atoms with Crippen LogP contribution in [0.5, 0.6) is 0 Å². The highest BCUT2D eigenvalue weighted by Crippen LogP contribution is 2.56. The summed E-state index contributed by atoms with van der Waals surface area (Å²) in [6.07, 6.45) is 2.03. The van der Waals surface area contributed by atoms with E-state index in [1.165, 1.54) is 30.8 Å². The number of piperidine rings is 1. The molecule has 1 N–H and O–H groups in total. The van der Waals surface area contributed by atoms with Crippen LogP contribution in [0.15, 0.2) is 24.3 Å². The molecule has 3 aliphatic rings. The zero-order valence-corrected chi connectivity index (χ0v) is 12.4. The van der Waals surface area contributed by atoms with Gasteiger partial charge in [0.2, 0.25) is 0 Å². The first-order valence-electron chi connectivity index (χ1n) is 7.89. The summed E-state index contributed by atoms with van der Waals surface area (Å²) >= 11 is 0. The number of morpholine rings is 1. The molecule has 2 saturated heterocycles. The van der Waals surface area contributed by atoms with Gasteiger partial charge in [-0.3, -0.25) is 0 Å². The second kappa shape index (κ2) is 4.47. The lowest BCUT2D eigenvalue weighted by molar-refractivity contribution is -0.00521. The lowest BCUT2D eigenvalue weighted by Crippen LogP contribution is -2.45. The van der Waals surface area contributed by atoms with Crippen LogP contribution in [-0.2, 0) is 10.2 Å². The Hall–Kier alpha value is -1.06. The number of rotatable bonds is 2. The third kappa shape index (κ3) is 1.95. The maximum absolute atomic E-state index is 5.82. The van der Waals surface area contributed by atoms with Crippen LogP contribution in [0.1, 0.15) is 25.8 Å². The van der Waals surface area contributed by atoms with Crippen molar-refractivity contribution in [2.24, 2.45) is 5.92 Å². The Labute approximate surface area is 121 Å². The molecule has 1 aromatic rings. The van der Waals surface area contributed by atoms with Gasteiger partial charge in [0.15, 0.2) is 0 Å². The number of fused-ring (bicyclic) bond motifs is 1. The highest BCUT2D eigenvalue weighted by Gasteiger charge is 2.57. The van der Waals surface area contributed by atoms with E-state index in [-0.39, 0.29) is 0 Å². The molecule has 1 aromatic carbocycles. The van der Waals surface area contributed by atoms with Crippen LogP contribution in [0.2, 0.25) is 0 Å². The average molecular weight is 272 g/mol. The van der Waals surface area contributed by atoms with E-state index in [9.17, 15) is 0 Å². The normalized spacial score (nSPS) is 39.7. The van der Waals surface area contributed by atoms with Gasteiger partial charge in [-0.15, -0.1) is 0 Å². The molecule has 0 amide bonds. The maximum Gasteiger partial charge on any atom is 0.0726 e. The minimum Gasteiger partial charge on any atom is -0.372 e. The third-order valence-electron chi connectivity index (χ3n) is 5.29. The SMILES string of the molecule is CC1CN(c2ccc([C@]34CNC[C@H]3C4)cc2)CC(C)O1. The Balaban J connectivity index is 1.53. The van der Waals surface area contributed by atoms with Gasteiger partial charge in [-0.25, -0.2) is 0 Å². The number of nitrogens with zero attached hydrogens (tertiary/aromatic N) is 1. The van der Waals surface area contributed by atoms with Crippen LogP contribution in [0.3, 0.4) is 0 Å². The molecule has 0 bridgehead atoms. The summed E-state index contributed by atoms with van der Waals surface area (Å²) in [7, 11) is 0. The summed E-state index contributed by atoms with van der Waals surface area (Å²) in [4.78, 5) is 2.46. The monoisotopic (exact) mass is 272 g/mol. The number of anilines is 1. The molecule has 2 unspecified atom stereocenters. The van der Waals surface area contributed by atoms with Crippen molar-refractivity contribution >= 4 is 5.69 Å². The second-order valence-corrected chi connectivity index (χ2v) is 6.90. The van der Waals surface area contributed by atoms with E-state index in [1.54, 1.807) is 0 Å². The number of ether oxygens (including phenoxy) is 1. The topological polar surface area (TPSA) is 24.5 Å². The molecule has 4 atom stereocenters. The van der Waals surface area contributed by atoms with Gasteiger partial charge in [0.25, 0.3) is 0 Å². The van der Waals surface area contributed by atoms with Crippen LogP contribution in [0.4, 0.5) is 5.69 Å². The fraction of sp³-hybridized carbons (Fsp3) is 0.647. The van der Waals surface area contributed by atoms with Gasteiger partial charge in [-0.1, -0.05) is 12.1 Å². The largest absolute Gasteiger partial charge is 0.372 e. The summed E-state index contributed by atoms with van der Waals surface area (Å²) in [5.74, 6) is 0.886. The van der Waals surface area contributed by atoms with Crippen molar-refractivity contribution in [2.75, 3.05) is 31.1 Å². The highest BCUT2D eigenvalue weighted by molar-refractivity contribution is 5.51. The van der Waals surface area contributed by atoms with Crippen LogP contribution in [0.25, 0.3) is 0 Å². The molecule has 3 fully saturated rings. The van der Waals surface area contributed by atoms with E-state index in [4.69, 9.17) is 4.74 Å². The summed E-state index contributed by atoms with van der Waals surface area (Å²) in [6.45, 7) is 8.70. The van der Waals surface area contributed by atoms with Gasteiger partial charge in [-0.2, -0.15) is 0 Å². The van der Waals surface area contributed by atoms with Crippen molar-refractivity contribution in [3.63, 3.8) is 0 Å². The zero-order chi connectivity index (χ0) is 13.7. The Bertz CT molecular complexity index is 490. The first-order chi connectivity index (χ1) is 9.67. The standard InChI is InChI=1S/C17H24N2O/c1-12-9-19(10-13(2)20-12)16-5-3-14(4-6-16)17-7-15(17)8-18-11-17/h3-6,12-13,15,18H,7-11H2,1-2H3/t12?,13?,15-,17+/m1/s1. The van der Waals surface area contributed by atoms with Crippen molar-refractivity contribution < 1.29 is 4.74 Å². The van der Waals surface area contributed by atoms with Crippen molar-refractivity contribution in [3.05, 3.63) is 29.8 Å². The first kappa shape index (κ1) is 12.7. The van der Waals surface area contributed by atoms with Gasteiger partial charge in [0, 0.05) is 30.7 Å². The molecule has 1 saturated carbocycles. The Morgan fingerprint density at radius 3 is 2.40 bits per heavy atom. The van der Waals surface area contributed by atoms with E-state index in [0.717, 1.165) is 19.0 Å². The molecular weight excluding hydrogens is 248 g/mol. The predicted octanol–water partition coefficient (Wildman–Crippen LogP) is 2.16. The molecule has 20 heavy (non-hydrogen) atoms. The van der Waals surface area contributed by atoms with Gasteiger partial charge >= 0.3 is 0 Å². The highest BCUT2D eigenvalue weighted by atomic mass is 16.5. The zero-order valence-electron chi connectivity index (χ0n) is 12.4. The smallest absolute Gasteiger partial charge is 0.0726 e. The van der Waals surface area contributed by atoms with Crippen LogP contribution in [0, 0.1) is 5.92 Å². The van der Waals surface area contributed by atoms with Gasteiger partial charge in [0.05, 0.1) is 12.2 Å². The van der Waals surface area contributed by atoms with Gasteiger partial charge in [-0.05, 0) is 50.4 Å². The molecule has 108 valence electrons. The minimum atomic E-state index is 0.323. The van der Waals surface area contributed by atoms with Crippen LogP contribution >= 0.6 is 0 Å². The molecule has 3 nitrogen and oxygen atoms in total. The third-order valence-corrected chi connectivity index (χ3v) is 5.29. The number of hydrogen-bond donors (Lipinski definition) is 1. The molecule has 0 radical (unpaired) electrons. The van der Waals surface area contributed by atoms with Gasteiger partial charge in [0.1, 0.15) is 0 Å². The predicted molar refractivity (Wildman–Crippen MR) is 81.3 cm³/mol. The fourth-order valence-electron chi connectivity index (χ4n) is 4.18. The van der Waals surface area contributed by atoms with E-state index in [1.807, 2.05) is 0 Å². The number of nitrogens with one attached hydrogen (secondary N) is 1. The molecule has 0 aromatic heterocycles. The molecule has 3 heteroatoms. The lowest BCUT2D eigenvalue weighted by atomic mass is 9.95. The lowest BCUT2D eigenvalue weighted by Gasteiger charge is -2.37. The summed E-state index contributed by atoms with van der Waals surface area (Å²) in [5, 5.41) is 3.52. The molecule has 0 spiro atoms. The van der Waals surface area contributed by atoms with Crippen LogP contribution in [-0.4, -0.2) is 38.4 Å². The summed E-state index contributed by atoms with van der Waals surface area (Å²) in [5.41, 5.74) is 3.35. The number of hydrogen-bond acceptors (Lipinski definition) is 3. The van der Waals surface area contributed by atoms with Crippen molar-refractivity contribution in [2.45, 2.75) is 37.9 Å². The maximum atomic E-state index is 5.82. The quantitative estimate of drug-likeness (QED) is 0.893. The molecule has 2 aliphatic heterocycles. The van der Waals surface area contributed by atoms with Gasteiger partial charge < -0.3 is 15.0 Å². The van der Waals surface area contributed by atoms with Crippen molar-refractivity contribution in [3.8, 4) is 0 Å². The van der Waals surface area contributed by atoms with Crippen LogP contribution < -0.4 is 10.2 Å². The Morgan fingerprint density at radius 1 is 1.15 bits per heavy atom. The van der Waals surface area contributed by atoms with E-state index < -0.39 is 0 Å². The Morgan fingerprint density at radius 2 is 1.85 bits per heavy atom. The fourth-order valence-corrected chi connectivity index (χ4v) is 4.18. The van der Waals surface area contributed by atoms with E-state index in [0.29, 0.717) is 17.6 Å². The molecular formula is C17H24N2O. The minimum absolute atomic E-state index is 0.323. The number of benzene rings is 1. The van der Waals surface area contributed by atoms with E-state index in [2.05, 4.69) is 48.3 Å². The van der Waals surface area contributed by atoms with E-state index >= 15 is 0 Å². The van der Waals surface area contributed by atoms with Crippen molar-refractivity contribution in [1.29, 1.82) is 0 Å².